The van der Waals surface area contributed by atoms with E-state index in [9.17, 15) is 0 Å². The van der Waals surface area contributed by atoms with Crippen LogP contribution in [0.2, 0.25) is 10.0 Å². The summed E-state index contributed by atoms with van der Waals surface area (Å²) in [5.74, 6) is 1.92. The maximum absolute atomic E-state index is 5.90. The van der Waals surface area contributed by atoms with E-state index < -0.39 is 0 Å². The lowest BCUT2D eigenvalue weighted by molar-refractivity contribution is 1.17. The van der Waals surface area contributed by atoms with Crippen LogP contribution in [0.3, 0.4) is 0 Å². The molecule has 4 heteroatoms. The Morgan fingerprint density at radius 1 is 1.50 bits per heavy atom. The molecule has 0 aliphatic heterocycles. The lowest BCUT2D eigenvalue weighted by Gasteiger charge is -2.01. The summed E-state index contributed by atoms with van der Waals surface area (Å²) in [6.07, 6.45) is 1.62. The van der Waals surface area contributed by atoms with Crippen molar-refractivity contribution in [1.29, 1.82) is 0 Å². The number of thioether (sulfide) groups is 1. The molecule has 0 amide bonds. The van der Waals surface area contributed by atoms with Gasteiger partial charge in [0.2, 0.25) is 0 Å². The highest BCUT2D eigenvalue weighted by Crippen LogP contribution is 2.21. The number of aromatic nitrogens is 1. The molecule has 0 fully saturated rings. The third-order valence-electron chi connectivity index (χ3n) is 1.33. The monoisotopic (exact) mass is 221 g/mol. The van der Waals surface area contributed by atoms with Gasteiger partial charge in [-0.15, -0.1) is 0 Å². The van der Waals surface area contributed by atoms with Gasteiger partial charge < -0.3 is 0 Å². The second kappa shape index (κ2) is 4.95. The topological polar surface area (TPSA) is 12.9 Å². The van der Waals surface area contributed by atoms with E-state index in [2.05, 4.69) is 11.9 Å². The van der Waals surface area contributed by atoms with Gasteiger partial charge in [0.25, 0.3) is 0 Å². The first kappa shape index (κ1) is 10.2. The number of pyridine rings is 1. The van der Waals surface area contributed by atoms with Crippen LogP contribution in [0, 0.1) is 0 Å². The Bertz CT molecular complexity index is 265. The summed E-state index contributed by atoms with van der Waals surface area (Å²) >= 11 is 13.4. The van der Waals surface area contributed by atoms with Gasteiger partial charge in [-0.3, -0.25) is 4.98 Å². The van der Waals surface area contributed by atoms with E-state index in [4.69, 9.17) is 23.2 Å². The summed E-state index contributed by atoms with van der Waals surface area (Å²) in [6, 6.07) is 1.72. The van der Waals surface area contributed by atoms with E-state index >= 15 is 0 Å². The molecule has 0 radical (unpaired) electrons. The summed E-state index contributed by atoms with van der Waals surface area (Å²) < 4.78 is 0. The summed E-state index contributed by atoms with van der Waals surface area (Å²) in [6.45, 7) is 2.11. The molecule has 0 atom stereocenters. The summed E-state index contributed by atoms with van der Waals surface area (Å²) in [7, 11) is 0. The smallest absolute Gasteiger partial charge is 0.0689 e. The van der Waals surface area contributed by atoms with Gasteiger partial charge in [-0.1, -0.05) is 30.1 Å². The highest BCUT2D eigenvalue weighted by Gasteiger charge is 2.01. The third kappa shape index (κ3) is 2.85. The van der Waals surface area contributed by atoms with Crippen molar-refractivity contribution in [3.63, 3.8) is 0 Å². The van der Waals surface area contributed by atoms with Crippen LogP contribution in [0.5, 0.6) is 0 Å². The van der Waals surface area contributed by atoms with Crippen molar-refractivity contribution < 1.29 is 0 Å². The molecule has 0 spiro atoms. The van der Waals surface area contributed by atoms with Gasteiger partial charge in [-0.2, -0.15) is 11.8 Å². The van der Waals surface area contributed by atoms with Crippen molar-refractivity contribution in [2.75, 3.05) is 5.75 Å². The van der Waals surface area contributed by atoms with Crippen LogP contribution in [-0.4, -0.2) is 10.7 Å². The molecule has 0 N–H and O–H groups in total. The number of hydrogen-bond donors (Lipinski definition) is 0. The van der Waals surface area contributed by atoms with E-state index in [1.807, 2.05) is 0 Å². The zero-order valence-corrected chi connectivity index (χ0v) is 9.01. The van der Waals surface area contributed by atoms with Crippen LogP contribution >= 0.6 is 35.0 Å². The van der Waals surface area contributed by atoms with E-state index in [-0.39, 0.29) is 0 Å². The largest absolute Gasteiger partial charge is 0.257 e. The minimum absolute atomic E-state index is 0.588. The highest BCUT2D eigenvalue weighted by molar-refractivity contribution is 7.98. The first-order chi connectivity index (χ1) is 5.74. The molecule has 66 valence electrons. The van der Waals surface area contributed by atoms with Gasteiger partial charge in [-0.25, -0.2) is 0 Å². The van der Waals surface area contributed by atoms with Gasteiger partial charge in [0.05, 0.1) is 15.7 Å². The minimum atomic E-state index is 0.588. The maximum atomic E-state index is 5.90. The molecule has 1 nitrogen and oxygen atoms in total. The average molecular weight is 222 g/mol. The van der Waals surface area contributed by atoms with Crippen LogP contribution in [0.4, 0.5) is 0 Å². The fraction of sp³-hybridized carbons (Fsp3) is 0.375. The second-order valence-electron chi connectivity index (χ2n) is 2.22. The maximum Gasteiger partial charge on any atom is 0.0689 e. The SMILES string of the molecule is CCSCc1ncc(Cl)cc1Cl. The molecule has 12 heavy (non-hydrogen) atoms. The van der Waals surface area contributed by atoms with Crippen molar-refractivity contribution in [2.45, 2.75) is 12.7 Å². The standard InChI is InChI=1S/C8H9Cl2NS/c1-2-12-5-8-7(10)3-6(9)4-11-8/h3-4H,2,5H2,1H3. The quantitative estimate of drug-likeness (QED) is 0.774. The molecule has 1 rings (SSSR count). The molecule has 0 saturated heterocycles. The predicted molar refractivity (Wildman–Crippen MR) is 56.1 cm³/mol. The zero-order valence-electron chi connectivity index (χ0n) is 6.68. The summed E-state index contributed by atoms with van der Waals surface area (Å²) in [5.41, 5.74) is 0.910. The molecular weight excluding hydrogens is 213 g/mol. The normalized spacial score (nSPS) is 10.2. The third-order valence-corrected chi connectivity index (χ3v) is 2.75. The fourth-order valence-corrected chi connectivity index (χ4v) is 1.90. The van der Waals surface area contributed by atoms with Crippen LogP contribution in [0.25, 0.3) is 0 Å². The Balaban J connectivity index is 2.72. The van der Waals surface area contributed by atoms with E-state index in [1.54, 1.807) is 24.0 Å². The van der Waals surface area contributed by atoms with Gasteiger partial charge in [0.15, 0.2) is 0 Å². The average Bonchev–Trinajstić information content (AvgIpc) is 2.03. The van der Waals surface area contributed by atoms with E-state index in [0.717, 1.165) is 17.2 Å². The lowest BCUT2D eigenvalue weighted by atomic mass is 10.4. The molecule has 0 unspecified atom stereocenters. The Kier molecular flexibility index (Phi) is 4.19. The van der Waals surface area contributed by atoms with Gasteiger partial charge in [0.1, 0.15) is 0 Å². The van der Waals surface area contributed by atoms with Gasteiger partial charge in [0, 0.05) is 11.9 Å². The van der Waals surface area contributed by atoms with Crippen LogP contribution in [-0.2, 0) is 5.75 Å². The van der Waals surface area contributed by atoms with Crippen LogP contribution in [0.15, 0.2) is 12.3 Å². The van der Waals surface area contributed by atoms with Crippen molar-refractivity contribution >= 4 is 35.0 Å². The van der Waals surface area contributed by atoms with Gasteiger partial charge in [-0.05, 0) is 11.8 Å². The molecule has 1 aromatic heterocycles. The van der Waals surface area contributed by atoms with Crippen molar-refractivity contribution in [1.82, 2.24) is 4.98 Å². The Morgan fingerprint density at radius 2 is 2.25 bits per heavy atom. The van der Waals surface area contributed by atoms with Crippen molar-refractivity contribution in [3.05, 3.63) is 28.0 Å². The summed E-state index contributed by atoms with van der Waals surface area (Å²) in [4.78, 5) is 4.13. The van der Waals surface area contributed by atoms with Crippen molar-refractivity contribution in [2.24, 2.45) is 0 Å². The molecule has 0 saturated carbocycles. The first-order valence-electron chi connectivity index (χ1n) is 3.61. The van der Waals surface area contributed by atoms with Crippen LogP contribution in [0.1, 0.15) is 12.6 Å². The Hall–Kier alpha value is 0.0800. The lowest BCUT2D eigenvalue weighted by Crippen LogP contribution is -1.88. The Labute approximate surface area is 86.5 Å². The highest BCUT2D eigenvalue weighted by atomic mass is 35.5. The zero-order chi connectivity index (χ0) is 8.97. The molecule has 0 bridgehead atoms. The van der Waals surface area contributed by atoms with E-state index in [0.29, 0.717) is 10.0 Å². The molecule has 0 aromatic carbocycles. The fourth-order valence-electron chi connectivity index (χ4n) is 0.748. The molecule has 0 aliphatic carbocycles. The van der Waals surface area contributed by atoms with E-state index in [1.165, 1.54) is 0 Å². The number of rotatable bonds is 3. The van der Waals surface area contributed by atoms with Crippen molar-refractivity contribution in [3.8, 4) is 0 Å². The van der Waals surface area contributed by atoms with Gasteiger partial charge >= 0.3 is 0 Å². The predicted octanol–water partition coefficient (Wildman–Crippen LogP) is 3.64. The molecule has 1 heterocycles. The minimum Gasteiger partial charge on any atom is -0.257 e. The summed E-state index contributed by atoms with van der Waals surface area (Å²) in [5, 5.41) is 1.24. The molecule has 0 aliphatic rings. The number of halogens is 2. The first-order valence-corrected chi connectivity index (χ1v) is 5.52. The number of hydrogen-bond acceptors (Lipinski definition) is 2. The second-order valence-corrected chi connectivity index (χ2v) is 4.34. The molecule has 1 aromatic rings. The Morgan fingerprint density at radius 3 is 2.83 bits per heavy atom. The number of nitrogens with zero attached hydrogens (tertiary/aromatic N) is 1. The molecular formula is C8H9Cl2NS. The van der Waals surface area contributed by atoms with Crippen LogP contribution < -0.4 is 0 Å².